The number of carbonyl (C=O) groups excluding carboxylic acids is 2. The highest BCUT2D eigenvalue weighted by Crippen LogP contribution is 2.07. The fraction of sp³-hybridized carbons (Fsp3) is 0.263. The van der Waals surface area contributed by atoms with Crippen molar-refractivity contribution in [2.45, 2.75) is 26.4 Å². The monoisotopic (exact) mass is 311 g/mol. The summed E-state index contributed by atoms with van der Waals surface area (Å²) in [7, 11) is 0. The molecule has 4 nitrogen and oxygen atoms in total. The molecular formula is C19H21NO3. The van der Waals surface area contributed by atoms with Gasteiger partial charge in [-0.3, -0.25) is 4.79 Å². The van der Waals surface area contributed by atoms with Crippen LogP contribution in [-0.4, -0.2) is 24.5 Å². The van der Waals surface area contributed by atoms with Gasteiger partial charge in [0.15, 0.2) is 6.10 Å². The lowest BCUT2D eigenvalue weighted by Gasteiger charge is -2.13. The third kappa shape index (κ3) is 5.25. The first-order chi connectivity index (χ1) is 11.1. The van der Waals surface area contributed by atoms with Crippen LogP contribution in [0.5, 0.6) is 0 Å². The maximum atomic E-state index is 12.0. The zero-order chi connectivity index (χ0) is 16.7. The average Bonchev–Trinajstić information content (AvgIpc) is 2.56. The molecule has 0 heterocycles. The molecule has 4 heteroatoms. The molecule has 0 spiro atoms. The minimum absolute atomic E-state index is 0.290. The molecule has 0 aromatic heterocycles. The van der Waals surface area contributed by atoms with Gasteiger partial charge < -0.3 is 10.1 Å². The van der Waals surface area contributed by atoms with E-state index >= 15 is 0 Å². The van der Waals surface area contributed by atoms with Gasteiger partial charge in [-0.1, -0.05) is 48.0 Å². The maximum Gasteiger partial charge on any atom is 0.338 e. The Bertz CT molecular complexity index is 650. The fourth-order valence-corrected chi connectivity index (χ4v) is 2.09. The molecule has 2 aromatic rings. The Hall–Kier alpha value is -2.62. The Kier molecular flexibility index (Phi) is 5.92. The van der Waals surface area contributed by atoms with E-state index in [0.717, 1.165) is 17.5 Å². The summed E-state index contributed by atoms with van der Waals surface area (Å²) >= 11 is 0. The Morgan fingerprint density at radius 3 is 2.35 bits per heavy atom. The zero-order valence-electron chi connectivity index (χ0n) is 13.4. The van der Waals surface area contributed by atoms with Crippen molar-refractivity contribution < 1.29 is 14.3 Å². The normalized spacial score (nSPS) is 11.6. The van der Waals surface area contributed by atoms with Crippen LogP contribution < -0.4 is 5.32 Å². The molecule has 1 atom stereocenters. The summed E-state index contributed by atoms with van der Waals surface area (Å²) in [6, 6.07) is 16.9. The van der Waals surface area contributed by atoms with Crippen LogP contribution in [0.2, 0.25) is 0 Å². The Morgan fingerprint density at radius 1 is 1.04 bits per heavy atom. The second kappa shape index (κ2) is 8.13. The zero-order valence-corrected chi connectivity index (χ0v) is 13.4. The number of carbonyl (C=O) groups is 2. The Labute approximate surface area is 136 Å². The van der Waals surface area contributed by atoms with Crippen molar-refractivity contribution in [3.8, 4) is 0 Å². The van der Waals surface area contributed by atoms with Crippen LogP contribution in [0, 0.1) is 6.92 Å². The van der Waals surface area contributed by atoms with Crippen molar-refractivity contribution >= 4 is 11.9 Å². The molecule has 2 aromatic carbocycles. The lowest BCUT2D eigenvalue weighted by Crippen LogP contribution is -2.36. The number of hydrogen-bond acceptors (Lipinski definition) is 3. The molecular weight excluding hydrogens is 290 g/mol. The van der Waals surface area contributed by atoms with Gasteiger partial charge in [-0.15, -0.1) is 0 Å². The molecule has 0 radical (unpaired) electrons. The van der Waals surface area contributed by atoms with Gasteiger partial charge in [-0.05, 0) is 38.0 Å². The highest BCUT2D eigenvalue weighted by atomic mass is 16.5. The standard InChI is InChI=1S/C19H21NO3/c1-14-8-10-17(11-9-14)19(22)23-15(2)18(21)20-13-12-16-6-4-3-5-7-16/h3-11,15H,12-13H2,1-2H3,(H,20,21). The molecule has 23 heavy (non-hydrogen) atoms. The summed E-state index contributed by atoms with van der Waals surface area (Å²) in [6.07, 6.45) is -0.0786. The van der Waals surface area contributed by atoms with Crippen LogP contribution in [0.4, 0.5) is 0 Å². The number of esters is 1. The topological polar surface area (TPSA) is 55.4 Å². The number of aryl methyl sites for hydroxylation is 1. The molecule has 1 unspecified atom stereocenters. The van der Waals surface area contributed by atoms with Gasteiger partial charge in [-0.25, -0.2) is 4.79 Å². The molecule has 120 valence electrons. The van der Waals surface area contributed by atoms with E-state index in [0.29, 0.717) is 12.1 Å². The van der Waals surface area contributed by atoms with E-state index in [1.807, 2.05) is 49.4 Å². The predicted molar refractivity (Wildman–Crippen MR) is 89.2 cm³/mol. The number of amides is 1. The van der Waals surface area contributed by atoms with Crippen molar-refractivity contribution in [2.24, 2.45) is 0 Å². The van der Waals surface area contributed by atoms with Crippen LogP contribution in [0.1, 0.15) is 28.4 Å². The molecule has 0 bridgehead atoms. The van der Waals surface area contributed by atoms with Crippen molar-refractivity contribution in [1.82, 2.24) is 5.32 Å². The average molecular weight is 311 g/mol. The van der Waals surface area contributed by atoms with Crippen LogP contribution in [0.25, 0.3) is 0 Å². The van der Waals surface area contributed by atoms with Crippen LogP contribution in [-0.2, 0) is 16.0 Å². The molecule has 0 aliphatic carbocycles. The largest absolute Gasteiger partial charge is 0.449 e. The SMILES string of the molecule is Cc1ccc(C(=O)OC(C)C(=O)NCCc2ccccc2)cc1. The molecule has 1 N–H and O–H groups in total. The lowest BCUT2D eigenvalue weighted by atomic mass is 10.1. The predicted octanol–water partition coefficient (Wildman–Crippen LogP) is 2.90. The van der Waals surface area contributed by atoms with Crippen molar-refractivity contribution in [3.63, 3.8) is 0 Å². The molecule has 0 saturated heterocycles. The van der Waals surface area contributed by atoms with Gasteiger partial charge in [0.25, 0.3) is 5.91 Å². The highest BCUT2D eigenvalue weighted by Gasteiger charge is 2.18. The molecule has 0 aliphatic rings. The number of hydrogen-bond donors (Lipinski definition) is 1. The lowest BCUT2D eigenvalue weighted by molar-refractivity contribution is -0.129. The van der Waals surface area contributed by atoms with E-state index in [-0.39, 0.29) is 5.91 Å². The van der Waals surface area contributed by atoms with Crippen molar-refractivity contribution in [2.75, 3.05) is 6.54 Å². The minimum atomic E-state index is -0.820. The molecule has 0 saturated carbocycles. The Morgan fingerprint density at radius 2 is 1.70 bits per heavy atom. The van der Waals surface area contributed by atoms with Crippen LogP contribution in [0.15, 0.2) is 54.6 Å². The highest BCUT2D eigenvalue weighted by molar-refractivity contribution is 5.92. The summed E-state index contributed by atoms with van der Waals surface area (Å²) in [5.41, 5.74) is 2.66. The van der Waals surface area contributed by atoms with E-state index in [2.05, 4.69) is 5.32 Å². The quantitative estimate of drug-likeness (QED) is 0.835. The summed E-state index contributed by atoms with van der Waals surface area (Å²) in [5, 5.41) is 2.78. The summed E-state index contributed by atoms with van der Waals surface area (Å²) in [5.74, 6) is -0.780. The third-order valence-corrected chi connectivity index (χ3v) is 3.50. The number of benzene rings is 2. The third-order valence-electron chi connectivity index (χ3n) is 3.50. The second-order valence-corrected chi connectivity index (χ2v) is 5.44. The van der Waals surface area contributed by atoms with Gasteiger partial charge in [0.2, 0.25) is 0 Å². The minimum Gasteiger partial charge on any atom is -0.449 e. The van der Waals surface area contributed by atoms with Crippen LogP contribution >= 0.6 is 0 Å². The van der Waals surface area contributed by atoms with E-state index in [1.165, 1.54) is 0 Å². The van der Waals surface area contributed by atoms with Gasteiger partial charge in [0.1, 0.15) is 0 Å². The first-order valence-electron chi connectivity index (χ1n) is 7.65. The van der Waals surface area contributed by atoms with E-state index in [4.69, 9.17) is 4.74 Å². The van der Waals surface area contributed by atoms with Gasteiger partial charge in [0.05, 0.1) is 5.56 Å². The molecule has 2 rings (SSSR count). The molecule has 1 amide bonds. The Balaban J connectivity index is 1.78. The summed E-state index contributed by atoms with van der Waals surface area (Å²) in [6.45, 7) is 4.02. The second-order valence-electron chi connectivity index (χ2n) is 5.44. The summed E-state index contributed by atoms with van der Waals surface area (Å²) in [4.78, 5) is 23.9. The molecule has 0 aliphatic heterocycles. The van der Waals surface area contributed by atoms with Gasteiger partial charge in [-0.2, -0.15) is 0 Å². The van der Waals surface area contributed by atoms with E-state index < -0.39 is 12.1 Å². The number of rotatable bonds is 6. The fourth-order valence-electron chi connectivity index (χ4n) is 2.09. The smallest absolute Gasteiger partial charge is 0.338 e. The van der Waals surface area contributed by atoms with E-state index in [9.17, 15) is 9.59 Å². The van der Waals surface area contributed by atoms with Crippen molar-refractivity contribution in [1.29, 1.82) is 0 Å². The number of ether oxygens (including phenoxy) is 1. The van der Waals surface area contributed by atoms with Crippen molar-refractivity contribution in [3.05, 3.63) is 71.3 Å². The summed E-state index contributed by atoms with van der Waals surface area (Å²) < 4.78 is 5.19. The molecule has 0 fully saturated rings. The number of nitrogens with one attached hydrogen (secondary N) is 1. The maximum absolute atomic E-state index is 12.0. The van der Waals surface area contributed by atoms with Crippen LogP contribution in [0.3, 0.4) is 0 Å². The van der Waals surface area contributed by atoms with Gasteiger partial charge >= 0.3 is 5.97 Å². The first kappa shape index (κ1) is 16.7. The van der Waals surface area contributed by atoms with Gasteiger partial charge in [0, 0.05) is 6.54 Å². The first-order valence-corrected chi connectivity index (χ1v) is 7.65. The van der Waals surface area contributed by atoms with E-state index in [1.54, 1.807) is 19.1 Å².